The molecule has 0 aliphatic carbocycles. The van der Waals surface area contributed by atoms with Crippen LogP contribution in [-0.4, -0.2) is 22.5 Å². The maximum absolute atomic E-state index is 10.9. The van der Waals surface area contributed by atoms with Crippen molar-refractivity contribution in [3.8, 4) is 0 Å². The lowest BCUT2D eigenvalue weighted by atomic mass is 10.1. The summed E-state index contributed by atoms with van der Waals surface area (Å²) in [5.41, 5.74) is 0.0837. The predicted molar refractivity (Wildman–Crippen MR) is 77.2 cm³/mol. The Balaban J connectivity index is 2.65. The van der Waals surface area contributed by atoms with Gasteiger partial charge in [0.05, 0.1) is 10.5 Å². The van der Waals surface area contributed by atoms with Crippen LogP contribution in [0.5, 0.6) is 0 Å². The van der Waals surface area contributed by atoms with Crippen LogP contribution >= 0.6 is 0 Å². The molecule has 0 saturated heterocycles. The SMILES string of the molecule is CC(C)CCCCNc1ccc(C(=O)O)cc1[N+](=O)[O-]. The minimum atomic E-state index is -1.17. The first-order valence-electron chi connectivity index (χ1n) is 6.67. The van der Waals surface area contributed by atoms with E-state index >= 15 is 0 Å². The molecule has 0 aliphatic heterocycles. The van der Waals surface area contributed by atoms with E-state index in [-0.39, 0.29) is 11.3 Å². The molecule has 0 heterocycles. The number of aromatic carboxylic acids is 1. The molecule has 0 aromatic heterocycles. The fourth-order valence-electron chi connectivity index (χ4n) is 1.87. The van der Waals surface area contributed by atoms with Crippen LogP contribution in [0.1, 0.15) is 43.5 Å². The number of nitro benzene ring substituents is 1. The third kappa shape index (κ3) is 4.87. The summed E-state index contributed by atoms with van der Waals surface area (Å²) in [7, 11) is 0. The van der Waals surface area contributed by atoms with Crippen LogP contribution < -0.4 is 5.32 Å². The third-order valence-electron chi connectivity index (χ3n) is 2.97. The van der Waals surface area contributed by atoms with E-state index in [1.54, 1.807) is 0 Å². The van der Waals surface area contributed by atoms with Crippen molar-refractivity contribution in [2.24, 2.45) is 5.92 Å². The van der Waals surface area contributed by atoms with Gasteiger partial charge in [0, 0.05) is 12.6 Å². The highest BCUT2D eigenvalue weighted by Gasteiger charge is 2.16. The highest BCUT2D eigenvalue weighted by molar-refractivity contribution is 5.89. The molecule has 1 aromatic rings. The van der Waals surface area contributed by atoms with E-state index in [1.807, 2.05) is 0 Å². The van der Waals surface area contributed by atoms with Crippen LogP contribution in [-0.2, 0) is 0 Å². The van der Waals surface area contributed by atoms with Crippen molar-refractivity contribution in [1.82, 2.24) is 0 Å². The van der Waals surface area contributed by atoms with Crippen molar-refractivity contribution < 1.29 is 14.8 Å². The lowest BCUT2D eigenvalue weighted by molar-refractivity contribution is -0.384. The van der Waals surface area contributed by atoms with E-state index in [4.69, 9.17) is 5.11 Å². The molecule has 110 valence electrons. The second-order valence-electron chi connectivity index (χ2n) is 5.11. The molecular weight excluding hydrogens is 260 g/mol. The van der Waals surface area contributed by atoms with Crippen LogP contribution in [0.3, 0.4) is 0 Å². The number of nitro groups is 1. The van der Waals surface area contributed by atoms with Gasteiger partial charge in [-0.15, -0.1) is 0 Å². The molecule has 0 aliphatic rings. The first kappa shape index (κ1) is 15.9. The van der Waals surface area contributed by atoms with Crippen molar-refractivity contribution in [3.05, 3.63) is 33.9 Å². The molecule has 0 amide bonds. The second kappa shape index (κ2) is 7.47. The Labute approximate surface area is 118 Å². The molecule has 6 heteroatoms. The highest BCUT2D eigenvalue weighted by atomic mass is 16.6. The Bertz CT molecular complexity index is 486. The van der Waals surface area contributed by atoms with Crippen LogP contribution in [0.15, 0.2) is 18.2 Å². The first-order chi connectivity index (χ1) is 9.41. The maximum atomic E-state index is 10.9. The van der Waals surface area contributed by atoms with Crippen LogP contribution in [0, 0.1) is 16.0 Å². The molecule has 0 radical (unpaired) electrons. The predicted octanol–water partition coefficient (Wildman–Crippen LogP) is 3.53. The lowest BCUT2D eigenvalue weighted by Gasteiger charge is -2.08. The van der Waals surface area contributed by atoms with Gasteiger partial charge in [0.25, 0.3) is 5.69 Å². The van der Waals surface area contributed by atoms with Gasteiger partial charge >= 0.3 is 5.97 Å². The van der Waals surface area contributed by atoms with Gasteiger partial charge in [0.15, 0.2) is 0 Å². The summed E-state index contributed by atoms with van der Waals surface area (Å²) in [5.74, 6) is -0.518. The van der Waals surface area contributed by atoms with Crippen molar-refractivity contribution in [1.29, 1.82) is 0 Å². The fourth-order valence-corrected chi connectivity index (χ4v) is 1.87. The second-order valence-corrected chi connectivity index (χ2v) is 5.11. The molecule has 0 spiro atoms. The zero-order chi connectivity index (χ0) is 15.1. The van der Waals surface area contributed by atoms with Crippen LogP contribution in [0.4, 0.5) is 11.4 Å². The number of hydrogen-bond acceptors (Lipinski definition) is 4. The van der Waals surface area contributed by atoms with Gasteiger partial charge in [-0.05, 0) is 24.5 Å². The van der Waals surface area contributed by atoms with Gasteiger partial charge in [-0.1, -0.05) is 26.7 Å². The topological polar surface area (TPSA) is 92.5 Å². The number of carboxylic acids is 1. The Morgan fingerprint density at radius 1 is 1.40 bits per heavy atom. The summed E-state index contributed by atoms with van der Waals surface area (Å²) < 4.78 is 0. The van der Waals surface area contributed by atoms with Crippen LogP contribution in [0.25, 0.3) is 0 Å². The summed E-state index contributed by atoms with van der Waals surface area (Å²) in [4.78, 5) is 21.2. The standard InChI is InChI=1S/C14H20N2O4/c1-10(2)5-3-4-8-15-12-7-6-11(14(17)18)9-13(12)16(19)20/h6-7,9-10,15H,3-5,8H2,1-2H3,(H,17,18). The molecule has 20 heavy (non-hydrogen) atoms. The molecule has 6 nitrogen and oxygen atoms in total. The average Bonchev–Trinajstić information content (AvgIpc) is 2.37. The van der Waals surface area contributed by atoms with Gasteiger partial charge in [-0.2, -0.15) is 0 Å². The maximum Gasteiger partial charge on any atom is 0.335 e. The van der Waals surface area contributed by atoms with E-state index in [9.17, 15) is 14.9 Å². The highest BCUT2D eigenvalue weighted by Crippen LogP contribution is 2.25. The quantitative estimate of drug-likeness (QED) is 0.431. The number of benzene rings is 1. The van der Waals surface area contributed by atoms with E-state index in [0.717, 1.165) is 25.3 Å². The van der Waals surface area contributed by atoms with Crippen molar-refractivity contribution in [2.45, 2.75) is 33.1 Å². The van der Waals surface area contributed by atoms with Gasteiger partial charge < -0.3 is 10.4 Å². The number of anilines is 1. The van der Waals surface area contributed by atoms with E-state index in [0.29, 0.717) is 18.2 Å². The molecule has 2 N–H and O–H groups in total. The number of carbonyl (C=O) groups is 1. The van der Waals surface area contributed by atoms with Crippen molar-refractivity contribution >= 4 is 17.3 Å². The molecule has 0 atom stereocenters. The smallest absolute Gasteiger partial charge is 0.335 e. The van der Waals surface area contributed by atoms with Gasteiger partial charge in [-0.25, -0.2) is 4.79 Å². The summed E-state index contributed by atoms with van der Waals surface area (Å²) >= 11 is 0. The van der Waals surface area contributed by atoms with Gasteiger partial charge in [0.2, 0.25) is 0 Å². The van der Waals surface area contributed by atoms with Gasteiger partial charge in [-0.3, -0.25) is 10.1 Å². The first-order valence-corrected chi connectivity index (χ1v) is 6.67. The number of hydrogen-bond donors (Lipinski definition) is 2. The molecule has 0 unspecified atom stereocenters. The molecular formula is C14H20N2O4. The minimum absolute atomic E-state index is 0.0814. The zero-order valence-corrected chi connectivity index (χ0v) is 11.8. The number of nitrogens with one attached hydrogen (secondary N) is 1. The summed E-state index contributed by atoms with van der Waals surface area (Å²) in [6, 6.07) is 3.90. The number of rotatable bonds is 8. The number of unbranched alkanes of at least 4 members (excludes halogenated alkanes) is 1. The van der Waals surface area contributed by atoms with Crippen molar-refractivity contribution in [2.75, 3.05) is 11.9 Å². The third-order valence-corrected chi connectivity index (χ3v) is 2.97. The van der Waals surface area contributed by atoms with Gasteiger partial charge in [0.1, 0.15) is 5.69 Å². The Morgan fingerprint density at radius 3 is 2.65 bits per heavy atom. The minimum Gasteiger partial charge on any atom is -0.478 e. The Kier molecular flexibility index (Phi) is 5.96. The van der Waals surface area contributed by atoms with E-state index in [2.05, 4.69) is 19.2 Å². The Morgan fingerprint density at radius 2 is 2.10 bits per heavy atom. The molecule has 0 saturated carbocycles. The summed E-state index contributed by atoms with van der Waals surface area (Å²) in [5, 5.41) is 22.8. The zero-order valence-electron chi connectivity index (χ0n) is 11.8. The molecule has 1 rings (SSSR count). The molecule has 0 bridgehead atoms. The normalized spacial score (nSPS) is 10.6. The van der Waals surface area contributed by atoms with Crippen LogP contribution in [0.2, 0.25) is 0 Å². The number of carboxylic acid groups (broad SMARTS) is 1. The fraction of sp³-hybridized carbons (Fsp3) is 0.500. The van der Waals surface area contributed by atoms with Crippen molar-refractivity contribution in [3.63, 3.8) is 0 Å². The molecule has 1 aromatic carbocycles. The van der Waals surface area contributed by atoms with E-state index < -0.39 is 10.9 Å². The monoisotopic (exact) mass is 280 g/mol. The lowest BCUT2D eigenvalue weighted by Crippen LogP contribution is -2.06. The van der Waals surface area contributed by atoms with E-state index in [1.165, 1.54) is 12.1 Å². The Hall–Kier alpha value is -2.11. The largest absolute Gasteiger partial charge is 0.478 e. The summed E-state index contributed by atoms with van der Waals surface area (Å²) in [6.07, 6.45) is 3.11. The summed E-state index contributed by atoms with van der Waals surface area (Å²) in [6.45, 7) is 4.95. The average molecular weight is 280 g/mol. The number of nitrogens with zero attached hydrogens (tertiary/aromatic N) is 1. The molecule has 0 fully saturated rings.